The van der Waals surface area contributed by atoms with Crippen LogP contribution >= 0.6 is 0 Å². The van der Waals surface area contributed by atoms with Gasteiger partial charge >= 0.3 is 0 Å². The first-order valence-corrected chi connectivity index (χ1v) is 6.01. The van der Waals surface area contributed by atoms with E-state index in [1.165, 1.54) is 5.56 Å². The van der Waals surface area contributed by atoms with Crippen molar-refractivity contribution < 1.29 is 5.11 Å². The van der Waals surface area contributed by atoms with Gasteiger partial charge in [-0.05, 0) is 18.1 Å². The summed E-state index contributed by atoms with van der Waals surface area (Å²) >= 11 is 0. The lowest BCUT2D eigenvalue weighted by molar-refractivity contribution is 0.221. The molecule has 1 aromatic heterocycles. The quantitative estimate of drug-likeness (QED) is 0.748. The van der Waals surface area contributed by atoms with Crippen molar-refractivity contribution in [3.63, 3.8) is 0 Å². The summed E-state index contributed by atoms with van der Waals surface area (Å²) in [7, 11) is 0. The van der Waals surface area contributed by atoms with E-state index in [9.17, 15) is 5.11 Å². The highest BCUT2D eigenvalue weighted by Crippen LogP contribution is 2.34. The van der Waals surface area contributed by atoms with Gasteiger partial charge in [0.2, 0.25) is 0 Å². The van der Waals surface area contributed by atoms with Crippen LogP contribution in [0.2, 0.25) is 0 Å². The molecular formula is C14H15N3O. The minimum absolute atomic E-state index is 0.376. The Bertz CT molecular complexity index is 583. The van der Waals surface area contributed by atoms with Crippen molar-refractivity contribution in [2.24, 2.45) is 0 Å². The fourth-order valence-corrected chi connectivity index (χ4v) is 2.42. The Morgan fingerprint density at radius 3 is 2.89 bits per heavy atom. The summed E-state index contributed by atoms with van der Waals surface area (Å²) in [5, 5.41) is 13.8. The average Bonchev–Trinajstić information content (AvgIpc) is 2.86. The number of hydrogen-bond acceptors (Lipinski definition) is 4. The lowest BCUT2D eigenvalue weighted by atomic mass is 9.98. The summed E-state index contributed by atoms with van der Waals surface area (Å²) in [5.41, 5.74) is 9.61. The summed E-state index contributed by atoms with van der Waals surface area (Å²) in [6, 6.07) is 9.57. The third kappa shape index (κ3) is 1.71. The molecule has 0 radical (unpaired) electrons. The molecule has 1 aliphatic rings. The van der Waals surface area contributed by atoms with Crippen molar-refractivity contribution in [2.75, 3.05) is 17.6 Å². The van der Waals surface area contributed by atoms with Gasteiger partial charge in [-0.15, -0.1) is 0 Å². The van der Waals surface area contributed by atoms with E-state index in [2.05, 4.69) is 16.4 Å². The number of rotatable bonds is 2. The predicted octanol–water partition coefficient (Wildman–Crippen LogP) is 1.71. The number of nitrogens with two attached hydrogens (primary N) is 1. The Kier molecular flexibility index (Phi) is 2.64. The number of aliphatic hydroxyl groups excluding tert-OH is 1. The first-order valence-electron chi connectivity index (χ1n) is 6.01. The monoisotopic (exact) mass is 241 g/mol. The SMILES string of the molecule is Nc1ncccc1C(O)c1cccc2c1NCC2. The molecule has 92 valence electrons. The topological polar surface area (TPSA) is 71.2 Å². The van der Waals surface area contributed by atoms with Gasteiger partial charge in [0, 0.05) is 29.6 Å². The Balaban J connectivity index is 2.06. The van der Waals surface area contributed by atoms with Gasteiger partial charge < -0.3 is 16.2 Å². The van der Waals surface area contributed by atoms with E-state index < -0.39 is 6.10 Å². The lowest BCUT2D eigenvalue weighted by Gasteiger charge is -2.16. The molecule has 0 bridgehead atoms. The van der Waals surface area contributed by atoms with Crippen LogP contribution in [0.15, 0.2) is 36.5 Å². The molecule has 0 saturated heterocycles. The number of pyridine rings is 1. The van der Waals surface area contributed by atoms with Crippen LogP contribution in [0.4, 0.5) is 11.5 Å². The lowest BCUT2D eigenvalue weighted by Crippen LogP contribution is -2.07. The third-order valence-electron chi connectivity index (χ3n) is 3.34. The highest BCUT2D eigenvalue weighted by molar-refractivity contribution is 5.64. The second-order valence-electron chi connectivity index (χ2n) is 4.44. The molecule has 4 nitrogen and oxygen atoms in total. The fourth-order valence-electron chi connectivity index (χ4n) is 2.42. The number of fused-ring (bicyclic) bond motifs is 1. The summed E-state index contributed by atoms with van der Waals surface area (Å²) < 4.78 is 0. The highest BCUT2D eigenvalue weighted by Gasteiger charge is 2.21. The van der Waals surface area contributed by atoms with Crippen LogP contribution in [0.1, 0.15) is 22.8 Å². The van der Waals surface area contributed by atoms with E-state index in [1.54, 1.807) is 18.3 Å². The van der Waals surface area contributed by atoms with Crippen molar-refractivity contribution in [3.8, 4) is 0 Å². The first-order chi connectivity index (χ1) is 8.77. The standard InChI is InChI=1S/C14H15N3O/c15-14-11(5-2-7-17-14)13(18)10-4-1-3-9-6-8-16-12(9)10/h1-5,7,13,16,18H,6,8H2,(H2,15,17). The van der Waals surface area contributed by atoms with E-state index in [1.807, 2.05) is 12.1 Å². The molecule has 0 amide bonds. The molecule has 0 saturated carbocycles. The minimum atomic E-state index is -0.737. The molecule has 0 spiro atoms. The maximum absolute atomic E-state index is 10.5. The molecule has 3 rings (SSSR count). The summed E-state index contributed by atoms with van der Waals surface area (Å²) in [5.74, 6) is 0.376. The van der Waals surface area contributed by atoms with Crippen LogP contribution in [0.3, 0.4) is 0 Å². The van der Waals surface area contributed by atoms with Gasteiger partial charge in [0.1, 0.15) is 11.9 Å². The van der Waals surface area contributed by atoms with Crippen LogP contribution in [-0.4, -0.2) is 16.6 Å². The number of nitrogens with zero attached hydrogens (tertiary/aromatic N) is 1. The smallest absolute Gasteiger partial charge is 0.129 e. The number of aromatic nitrogens is 1. The molecule has 2 aromatic rings. The second kappa shape index (κ2) is 4.31. The zero-order valence-corrected chi connectivity index (χ0v) is 9.93. The number of aliphatic hydroxyl groups is 1. The van der Waals surface area contributed by atoms with E-state index in [4.69, 9.17) is 5.73 Å². The zero-order valence-electron chi connectivity index (χ0n) is 9.93. The van der Waals surface area contributed by atoms with Gasteiger partial charge in [0.15, 0.2) is 0 Å². The highest BCUT2D eigenvalue weighted by atomic mass is 16.3. The third-order valence-corrected chi connectivity index (χ3v) is 3.34. The van der Waals surface area contributed by atoms with Crippen molar-refractivity contribution in [3.05, 3.63) is 53.2 Å². The Morgan fingerprint density at radius 1 is 1.22 bits per heavy atom. The Morgan fingerprint density at radius 2 is 2.06 bits per heavy atom. The molecule has 0 fully saturated rings. The molecule has 2 heterocycles. The molecular weight excluding hydrogens is 226 g/mol. The van der Waals surface area contributed by atoms with Gasteiger partial charge in [0.25, 0.3) is 0 Å². The number of para-hydroxylation sites is 1. The summed E-state index contributed by atoms with van der Waals surface area (Å²) in [6.07, 6.45) is 1.89. The maximum atomic E-state index is 10.5. The number of nitrogens with one attached hydrogen (secondary N) is 1. The van der Waals surface area contributed by atoms with Gasteiger partial charge in [-0.2, -0.15) is 0 Å². The van der Waals surface area contributed by atoms with Gasteiger partial charge in [-0.1, -0.05) is 24.3 Å². The first kappa shape index (κ1) is 11.0. The zero-order chi connectivity index (χ0) is 12.5. The van der Waals surface area contributed by atoms with E-state index in [0.29, 0.717) is 11.4 Å². The number of hydrogen-bond donors (Lipinski definition) is 3. The summed E-state index contributed by atoms with van der Waals surface area (Å²) in [4.78, 5) is 4.02. The molecule has 4 heteroatoms. The van der Waals surface area contributed by atoms with E-state index >= 15 is 0 Å². The van der Waals surface area contributed by atoms with Gasteiger partial charge in [-0.3, -0.25) is 0 Å². The number of nitrogen functional groups attached to an aromatic ring is 1. The second-order valence-corrected chi connectivity index (χ2v) is 4.44. The van der Waals surface area contributed by atoms with Crippen LogP contribution in [0.5, 0.6) is 0 Å². The van der Waals surface area contributed by atoms with Crippen LogP contribution in [0, 0.1) is 0 Å². The molecule has 18 heavy (non-hydrogen) atoms. The Labute approximate surface area is 105 Å². The van der Waals surface area contributed by atoms with Gasteiger partial charge in [-0.25, -0.2) is 4.98 Å². The number of benzene rings is 1. The molecule has 1 aliphatic heterocycles. The summed E-state index contributed by atoms with van der Waals surface area (Å²) in [6.45, 7) is 0.918. The molecule has 1 unspecified atom stereocenters. The van der Waals surface area contributed by atoms with Crippen molar-refractivity contribution in [2.45, 2.75) is 12.5 Å². The normalized spacial score (nSPS) is 14.9. The van der Waals surface area contributed by atoms with Crippen LogP contribution < -0.4 is 11.1 Å². The van der Waals surface area contributed by atoms with Crippen LogP contribution in [0.25, 0.3) is 0 Å². The maximum Gasteiger partial charge on any atom is 0.129 e. The van der Waals surface area contributed by atoms with Crippen LogP contribution in [-0.2, 0) is 6.42 Å². The fraction of sp³-hybridized carbons (Fsp3) is 0.214. The van der Waals surface area contributed by atoms with E-state index in [0.717, 1.165) is 24.2 Å². The minimum Gasteiger partial charge on any atom is -0.384 e. The average molecular weight is 241 g/mol. The Hall–Kier alpha value is -2.07. The molecule has 1 atom stereocenters. The van der Waals surface area contributed by atoms with E-state index in [-0.39, 0.29) is 0 Å². The molecule has 0 aliphatic carbocycles. The largest absolute Gasteiger partial charge is 0.384 e. The predicted molar refractivity (Wildman–Crippen MR) is 71.3 cm³/mol. The van der Waals surface area contributed by atoms with Crippen molar-refractivity contribution in [1.82, 2.24) is 4.98 Å². The van der Waals surface area contributed by atoms with Crippen molar-refractivity contribution in [1.29, 1.82) is 0 Å². The number of anilines is 2. The molecule has 4 N–H and O–H groups in total. The van der Waals surface area contributed by atoms with Gasteiger partial charge in [0.05, 0.1) is 0 Å². The molecule has 1 aromatic carbocycles. The van der Waals surface area contributed by atoms with Crippen molar-refractivity contribution >= 4 is 11.5 Å².